The molecule has 0 aliphatic carbocycles. The van der Waals surface area contributed by atoms with Crippen molar-refractivity contribution in [2.75, 3.05) is 12.4 Å². The normalized spacial score (nSPS) is 10.7. The highest BCUT2D eigenvalue weighted by Crippen LogP contribution is 2.25. The SMILES string of the molecule is COc1ccn2c(C(C)=O)cc(C(=O)Nc3cccc(-c4ccccc4)c3)c2c1. The number of methoxy groups -OCH3 is 1. The summed E-state index contributed by atoms with van der Waals surface area (Å²) in [6.45, 7) is 1.48. The summed E-state index contributed by atoms with van der Waals surface area (Å²) in [5.41, 5.74) is 4.25. The van der Waals surface area contributed by atoms with Crippen molar-refractivity contribution in [2.24, 2.45) is 0 Å². The number of nitrogens with one attached hydrogen (secondary N) is 1. The molecular weight excluding hydrogens is 364 g/mol. The van der Waals surface area contributed by atoms with Crippen molar-refractivity contribution >= 4 is 22.9 Å². The second kappa shape index (κ2) is 7.64. The highest BCUT2D eigenvalue weighted by atomic mass is 16.5. The van der Waals surface area contributed by atoms with E-state index in [1.54, 1.807) is 35.9 Å². The lowest BCUT2D eigenvalue weighted by molar-refractivity contribution is 0.101. The Morgan fingerprint density at radius 2 is 1.66 bits per heavy atom. The van der Waals surface area contributed by atoms with Gasteiger partial charge in [0.1, 0.15) is 5.75 Å². The minimum Gasteiger partial charge on any atom is -0.497 e. The fourth-order valence-electron chi connectivity index (χ4n) is 3.36. The van der Waals surface area contributed by atoms with Crippen LogP contribution in [0.2, 0.25) is 0 Å². The van der Waals surface area contributed by atoms with Crippen molar-refractivity contribution in [1.29, 1.82) is 0 Å². The summed E-state index contributed by atoms with van der Waals surface area (Å²) in [5, 5.41) is 2.95. The number of rotatable bonds is 5. The number of pyridine rings is 1. The third-order valence-electron chi connectivity index (χ3n) is 4.81. The summed E-state index contributed by atoms with van der Waals surface area (Å²) in [6, 6.07) is 22.8. The Balaban J connectivity index is 1.70. The van der Waals surface area contributed by atoms with Gasteiger partial charge in [-0.3, -0.25) is 9.59 Å². The number of Topliss-reactive ketones (excluding diaryl/α,β-unsaturated/α-hetero) is 1. The molecule has 4 rings (SSSR count). The molecule has 0 saturated heterocycles. The topological polar surface area (TPSA) is 59.8 Å². The lowest BCUT2D eigenvalue weighted by Gasteiger charge is -2.08. The quantitative estimate of drug-likeness (QED) is 0.489. The zero-order valence-electron chi connectivity index (χ0n) is 16.2. The van der Waals surface area contributed by atoms with E-state index in [4.69, 9.17) is 4.74 Å². The van der Waals surface area contributed by atoms with Crippen LogP contribution in [0.1, 0.15) is 27.8 Å². The predicted octanol–water partition coefficient (Wildman–Crippen LogP) is 5.07. The summed E-state index contributed by atoms with van der Waals surface area (Å²) in [4.78, 5) is 25.1. The van der Waals surface area contributed by atoms with Crippen molar-refractivity contribution in [3.8, 4) is 16.9 Å². The first kappa shape index (κ1) is 18.5. The van der Waals surface area contributed by atoms with E-state index in [1.165, 1.54) is 6.92 Å². The summed E-state index contributed by atoms with van der Waals surface area (Å²) in [5.74, 6) is 0.217. The Morgan fingerprint density at radius 1 is 0.897 bits per heavy atom. The molecule has 29 heavy (non-hydrogen) atoms. The van der Waals surface area contributed by atoms with Gasteiger partial charge in [-0.05, 0) is 35.4 Å². The number of nitrogens with zero attached hydrogens (tertiary/aromatic N) is 1. The van der Waals surface area contributed by atoms with Crippen molar-refractivity contribution in [2.45, 2.75) is 6.92 Å². The molecule has 1 N–H and O–H groups in total. The number of aromatic nitrogens is 1. The number of amides is 1. The van der Waals surface area contributed by atoms with Crippen LogP contribution in [0.15, 0.2) is 79.0 Å². The van der Waals surface area contributed by atoms with Gasteiger partial charge < -0.3 is 14.5 Å². The van der Waals surface area contributed by atoms with Gasteiger partial charge in [0.2, 0.25) is 0 Å². The number of ether oxygens (including phenoxy) is 1. The van der Waals surface area contributed by atoms with Crippen LogP contribution in [0.5, 0.6) is 5.75 Å². The second-order valence-electron chi connectivity index (χ2n) is 6.72. The number of hydrogen-bond donors (Lipinski definition) is 1. The van der Waals surface area contributed by atoms with Gasteiger partial charge in [0.05, 0.1) is 23.9 Å². The summed E-state index contributed by atoms with van der Waals surface area (Å²) >= 11 is 0. The van der Waals surface area contributed by atoms with E-state index in [1.807, 2.05) is 54.6 Å². The highest BCUT2D eigenvalue weighted by molar-refractivity contribution is 6.11. The Bertz CT molecular complexity index is 1210. The van der Waals surface area contributed by atoms with Gasteiger partial charge in [-0.25, -0.2) is 0 Å². The molecule has 0 atom stereocenters. The van der Waals surface area contributed by atoms with E-state index in [0.29, 0.717) is 28.2 Å². The minimum absolute atomic E-state index is 0.115. The minimum atomic E-state index is -0.284. The van der Waals surface area contributed by atoms with E-state index in [9.17, 15) is 9.59 Å². The number of hydrogen-bond acceptors (Lipinski definition) is 3. The zero-order valence-corrected chi connectivity index (χ0v) is 16.2. The van der Waals surface area contributed by atoms with Crippen LogP contribution in [-0.2, 0) is 0 Å². The summed E-state index contributed by atoms with van der Waals surface area (Å²) < 4.78 is 6.99. The van der Waals surface area contributed by atoms with Crippen LogP contribution in [0, 0.1) is 0 Å². The van der Waals surface area contributed by atoms with Crippen molar-refractivity contribution < 1.29 is 14.3 Å². The standard InChI is InChI=1S/C24H20N2O3/c1-16(27)22-15-21(23-14-20(29-2)11-12-26(22)23)24(28)25-19-10-6-9-18(13-19)17-7-4-3-5-8-17/h3-15H,1-2H3,(H,25,28). The third kappa shape index (κ3) is 3.62. The molecule has 0 saturated carbocycles. The monoisotopic (exact) mass is 384 g/mol. The van der Waals surface area contributed by atoms with E-state index in [0.717, 1.165) is 11.1 Å². The number of carbonyl (C=O) groups is 2. The van der Waals surface area contributed by atoms with Gasteiger partial charge in [0.15, 0.2) is 5.78 Å². The fraction of sp³-hybridized carbons (Fsp3) is 0.0833. The van der Waals surface area contributed by atoms with Gasteiger partial charge in [-0.15, -0.1) is 0 Å². The molecule has 0 aliphatic rings. The van der Waals surface area contributed by atoms with Crippen LogP contribution in [0.4, 0.5) is 5.69 Å². The summed E-state index contributed by atoms with van der Waals surface area (Å²) in [7, 11) is 1.56. The number of fused-ring (bicyclic) bond motifs is 1. The maximum absolute atomic E-state index is 13.0. The average Bonchev–Trinajstić information content (AvgIpc) is 3.14. The molecule has 2 aromatic heterocycles. The molecule has 2 heterocycles. The predicted molar refractivity (Wildman–Crippen MR) is 114 cm³/mol. The number of ketones is 1. The molecule has 0 spiro atoms. The molecule has 5 heteroatoms. The Kier molecular flexibility index (Phi) is 4.87. The molecule has 4 aromatic rings. The molecule has 1 amide bonds. The van der Waals surface area contributed by atoms with Gasteiger partial charge in [0.25, 0.3) is 5.91 Å². The van der Waals surface area contributed by atoms with Crippen LogP contribution >= 0.6 is 0 Å². The van der Waals surface area contributed by atoms with Crippen LogP contribution < -0.4 is 10.1 Å². The van der Waals surface area contributed by atoms with Gasteiger partial charge in [-0.1, -0.05) is 42.5 Å². The second-order valence-corrected chi connectivity index (χ2v) is 6.72. The number of anilines is 1. The molecule has 0 fully saturated rings. The van der Waals surface area contributed by atoms with Gasteiger partial charge in [-0.2, -0.15) is 0 Å². The molecule has 0 radical (unpaired) electrons. The molecule has 0 unspecified atom stereocenters. The smallest absolute Gasteiger partial charge is 0.257 e. The molecule has 5 nitrogen and oxygen atoms in total. The lowest BCUT2D eigenvalue weighted by atomic mass is 10.1. The molecule has 2 aromatic carbocycles. The Hall–Kier alpha value is -3.86. The maximum atomic E-state index is 13.0. The first-order chi connectivity index (χ1) is 14.1. The average molecular weight is 384 g/mol. The van der Waals surface area contributed by atoms with E-state index < -0.39 is 0 Å². The molecule has 0 aliphatic heterocycles. The fourth-order valence-corrected chi connectivity index (χ4v) is 3.36. The lowest BCUT2D eigenvalue weighted by Crippen LogP contribution is -2.11. The first-order valence-corrected chi connectivity index (χ1v) is 9.23. The van der Waals surface area contributed by atoms with E-state index in [-0.39, 0.29) is 11.7 Å². The Morgan fingerprint density at radius 3 is 2.38 bits per heavy atom. The highest BCUT2D eigenvalue weighted by Gasteiger charge is 2.18. The van der Waals surface area contributed by atoms with E-state index in [2.05, 4.69) is 5.32 Å². The number of carbonyl (C=O) groups excluding carboxylic acids is 2. The van der Waals surface area contributed by atoms with Crippen molar-refractivity contribution in [1.82, 2.24) is 4.40 Å². The van der Waals surface area contributed by atoms with Crippen LogP contribution in [0.3, 0.4) is 0 Å². The van der Waals surface area contributed by atoms with E-state index >= 15 is 0 Å². The van der Waals surface area contributed by atoms with Crippen molar-refractivity contribution in [3.63, 3.8) is 0 Å². The van der Waals surface area contributed by atoms with Crippen molar-refractivity contribution in [3.05, 3.63) is 90.3 Å². The van der Waals surface area contributed by atoms with Gasteiger partial charge in [0, 0.05) is 24.9 Å². The summed E-state index contributed by atoms with van der Waals surface area (Å²) in [6.07, 6.45) is 1.73. The first-order valence-electron chi connectivity index (χ1n) is 9.23. The largest absolute Gasteiger partial charge is 0.497 e. The molecule has 0 bridgehead atoms. The number of benzene rings is 2. The van der Waals surface area contributed by atoms with Gasteiger partial charge >= 0.3 is 0 Å². The molecule has 144 valence electrons. The van der Waals surface area contributed by atoms with Crippen LogP contribution in [0.25, 0.3) is 16.6 Å². The third-order valence-corrected chi connectivity index (χ3v) is 4.81. The maximum Gasteiger partial charge on any atom is 0.257 e. The zero-order chi connectivity index (χ0) is 20.4. The molecular formula is C24H20N2O3. The Labute approximate surface area is 168 Å². The van der Waals surface area contributed by atoms with Crippen LogP contribution in [-0.4, -0.2) is 23.2 Å².